The first-order chi connectivity index (χ1) is 18.4. The average Bonchev–Trinajstić information content (AvgIpc) is 3.45. The maximum Gasteiger partial charge on any atom is 0.165 e. The molecule has 0 bridgehead atoms. The van der Waals surface area contributed by atoms with E-state index in [4.69, 9.17) is 23.2 Å². The lowest BCUT2D eigenvalue weighted by Crippen LogP contribution is -2.13. The molecule has 7 heteroatoms. The number of halogens is 3. The molecule has 2 aromatic heterocycles. The lowest BCUT2D eigenvalue weighted by Gasteiger charge is -2.15. The second kappa shape index (κ2) is 10.0. The second-order valence-electron chi connectivity index (χ2n) is 9.86. The lowest BCUT2D eigenvalue weighted by atomic mass is 9.94. The Bertz CT molecular complexity index is 1720. The first kappa shape index (κ1) is 24.9. The summed E-state index contributed by atoms with van der Waals surface area (Å²) < 4.78 is 15.3. The van der Waals surface area contributed by atoms with Crippen molar-refractivity contribution in [3.05, 3.63) is 105 Å². The number of carbonyl (C=O) groups excluding carboxylic acids is 2. The molecule has 5 aromatic rings. The van der Waals surface area contributed by atoms with E-state index < -0.39 is 0 Å². The number of para-hydroxylation sites is 2. The van der Waals surface area contributed by atoms with Gasteiger partial charge < -0.3 is 9.55 Å². The van der Waals surface area contributed by atoms with Gasteiger partial charge in [0.1, 0.15) is 5.82 Å². The van der Waals surface area contributed by atoms with Gasteiger partial charge in [-0.3, -0.25) is 9.59 Å². The number of hydrogen-bond donors (Lipinski definition) is 1. The van der Waals surface area contributed by atoms with E-state index in [0.29, 0.717) is 29.4 Å². The van der Waals surface area contributed by atoms with Gasteiger partial charge in [0.15, 0.2) is 11.6 Å². The van der Waals surface area contributed by atoms with Crippen LogP contribution in [0.5, 0.6) is 0 Å². The number of hydrogen-bond acceptors (Lipinski definition) is 2. The molecule has 0 atom stereocenters. The van der Waals surface area contributed by atoms with Gasteiger partial charge in [0.25, 0.3) is 0 Å². The van der Waals surface area contributed by atoms with Crippen LogP contribution in [0.3, 0.4) is 0 Å². The topological polar surface area (TPSA) is 54.9 Å². The highest BCUT2D eigenvalue weighted by Gasteiger charge is 2.27. The minimum atomic E-state index is -0.249. The van der Waals surface area contributed by atoms with Gasteiger partial charge in [-0.05, 0) is 55.5 Å². The number of carbonyl (C=O) groups is 2. The van der Waals surface area contributed by atoms with E-state index in [1.165, 1.54) is 12.1 Å². The van der Waals surface area contributed by atoms with Crippen LogP contribution >= 0.6 is 23.2 Å². The van der Waals surface area contributed by atoms with Crippen molar-refractivity contribution in [2.45, 2.75) is 45.1 Å². The molecule has 0 saturated heterocycles. The summed E-state index contributed by atoms with van der Waals surface area (Å²) in [7, 11) is 0. The molecular formula is C31H25Cl2FN2O2. The largest absolute Gasteiger partial charge is 0.357 e. The maximum absolute atomic E-state index is 13.1. The molecule has 38 heavy (non-hydrogen) atoms. The van der Waals surface area contributed by atoms with Gasteiger partial charge in [0, 0.05) is 52.7 Å². The van der Waals surface area contributed by atoms with E-state index in [9.17, 15) is 14.0 Å². The molecule has 0 spiro atoms. The molecule has 192 valence electrons. The molecule has 0 fully saturated rings. The number of ketones is 2. The summed E-state index contributed by atoms with van der Waals surface area (Å²) in [6, 6.07) is 17.8. The molecule has 2 aliphatic rings. The maximum atomic E-state index is 13.1. The van der Waals surface area contributed by atoms with Crippen LogP contribution in [0.1, 0.15) is 63.4 Å². The number of aryl methyl sites for hydroxylation is 1. The Balaban J connectivity index is 0.000000152. The van der Waals surface area contributed by atoms with Crippen LogP contribution in [0.15, 0.2) is 60.7 Å². The first-order valence-corrected chi connectivity index (χ1v) is 13.6. The summed E-state index contributed by atoms with van der Waals surface area (Å²) >= 11 is 12.5. The molecule has 7 rings (SSSR count). The fourth-order valence-electron chi connectivity index (χ4n) is 5.77. The summed E-state index contributed by atoms with van der Waals surface area (Å²) in [4.78, 5) is 27.5. The Morgan fingerprint density at radius 3 is 2.18 bits per heavy atom. The fraction of sp³-hybridized carbons (Fsp3) is 0.226. The van der Waals surface area contributed by atoms with Crippen LogP contribution in [0, 0.1) is 5.82 Å². The van der Waals surface area contributed by atoms with Crippen LogP contribution in [-0.4, -0.2) is 21.1 Å². The number of Topliss-reactive ketones (excluding diaryl/α,β-unsaturated/α-hetero) is 2. The van der Waals surface area contributed by atoms with Gasteiger partial charge in [0.05, 0.1) is 21.1 Å². The van der Waals surface area contributed by atoms with E-state index >= 15 is 0 Å². The first-order valence-electron chi connectivity index (χ1n) is 12.8. The summed E-state index contributed by atoms with van der Waals surface area (Å²) in [5, 5.41) is 3.24. The van der Waals surface area contributed by atoms with Crippen LogP contribution in [-0.2, 0) is 19.4 Å². The molecule has 0 radical (unpaired) electrons. The number of nitrogens with zero attached hydrogens (tertiary/aromatic N) is 1. The summed E-state index contributed by atoms with van der Waals surface area (Å²) in [6.07, 6.45) is 4.88. The Kier molecular flexibility index (Phi) is 6.58. The molecule has 2 heterocycles. The SMILES string of the molecule is O=C1CCCc2[nH]c3c(Cl)cccc3c21.O=C1CCCc2c1c1cccc(Cl)c1n2Cc1ccc(F)cc1. The number of benzene rings is 3. The minimum Gasteiger partial charge on any atom is -0.357 e. The Morgan fingerprint density at radius 2 is 1.42 bits per heavy atom. The van der Waals surface area contributed by atoms with Crippen molar-refractivity contribution in [3.8, 4) is 0 Å². The summed E-state index contributed by atoms with van der Waals surface area (Å²) in [5.74, 6) is 0.183. The summed E-state index contributed by atoms with van der Waals surface area (Å²) in [5.41, 5.74) is 6.57. The second-order valence-corrected chi connectivity index (χ2v) is 10.7. The van der Waals surface area contributed by atoms with Crippen molar-refractivity contribution in [3.63, 3.8) is 0 Å². The standard InChI is InChI=1S/C19H15ClFNO.C12H10ClNO/c20-15-4-1-3-14-18-16(5-2-6-17(18)23)22(19(14)15)11-12-7-9-13(21)10-8-12;13-8-4-1-3-7-11-9(14-12(7)8)5-2-6-10(11)15/h1,3-4,7-10H,2,5-6,11H2;1,3-4,14H,2,5-6H2. The monoisotopic (exact) mass is 546 g/mol. The van der Waals surface area contributed by atoms with E-state index in [2.05, 4.69) is 9.55 Å². The predicted octanol–water partition coefficient (Wildman–Crippen LogP) is 8.34. The number of H-pyrrole nitrogens is 1. The van der Waals surface area contributed by atoms with Gasteiger partial charge in [-0.15, -0.1) is 0 Å². The number of fused-ring (bicyclic) bond motifs is 6. The van der Waals surface area contributed by atoms with Crippen LogP contribution in [0.2, 0.25) is 10.0 Å². The Morgan fingerprint density at radius 1 is 0.763 bits per heavy atom. The predicted molar refractivity (Wildman–Crippen MR) is 150 cm³/mol. The lowest BCUT2D eigenvalue weighted by molar-refractivity contribution is 0.0965. The zero-order valence-electron chi connectivity index (χ0n) is 20.6. The van der Waals surface area contributed by atoms with Gasteiger partial charge in [0.2, 0.25) is 0 Å². The smallest absolute Gasteiger partial charge is 0.165 e. The molecule has 0 aliphatic heterocycles. The number of aromatic amines is 1. The van der Waals surface area contributed by atoms with Crippen LogP contribution in [0.4, 0.5) is 4.39 Å². The van der Waals surface area contributed by atoms with Gasteiger partial charge in [-0.2, -0.15) is 0 Å². The number of rotatable bonds is 2. The van der Waals surface area contributed by atoms with E-state index in [1.54, 1.807) is 12.1 Å². The van der Waals surface area contributed by atoms with Crippen molar-refractivity contribution < 1.29 is 14.0 Å². The van der Waals surface area contributed by atoms with Gasteiger partial charge >= 0.3 is 0 Å². The molecule has 0 amide bonds. The molecule has 1 N–H and O–H groups in total. The van der Waals surface area contributed by atoms with E-state index in [-0.39, 0.29) is 17.4 Å². The van der Waals surface area contributed by atoms with Gasteiger partial charge in [-0.25, -0.2) is 4.39 Å². The molecule has 4 nitrogen and oxygen atoms in total. The third-order valence-corrected chi connectivity index (χ3v) is 8.08. The average molecular weight is 547 g/mol. The molecule has 0 unspecified atom stereocenters. The van der Waals surface area contributed by atoms with E-state index in [0.717, 1.165) is 75.6 Å². The molecule has 0 saturated carbocycles. The van der Waals surface area contributed by atoms with Crippen molar-refractivity contribution in [1.82, 2.24) is 9.55 Å². The van der Waals surface area contributed by atoms with Crippen molar-refractivity contribution in [1.29, 1.82) is 0 Å². The zero-order valence-corrected chi connectivity index (χ0v) is 22.1. The highest BCUT2D eigenvalue weighted by Crippen LogP contribution is 2.36. The van der Waals surface area contributed by atoms with Crippen LogP contribution < -0.4 is 0 Å². The fourth-order valence-corrected chi connectivity index (χ4v) is 6.27. The Hall–Kier alpha value is -3.41. The van der Waals surface area contributed by atoms with Crippen molar-refractivity contribution in [2.75, 3.05) is 0 Å². The Labute approximate surface area is 229 Å². The molecule has 2 aliphatic carbocycles. The van der Waals surface area contributed by atoms with Gasteiger partial charge in [-0.1, -0.05) is 59.6 Å². The minimum absolute atomic E-state index is 0.191. The third kappa shape index (κ3) is 4.34. The third-order valence-electron chi connectivity index (χ3n) is 7.46. The quantitative estimate of drug-likeness (QED) is 0.242. The normalized spacial score (nSPS) is 14.8. The molecular weight excluding hydrogens is 522 g/mol. The zero-order chi connectivity index (χ0) is 26.4. The van der Waals surface area contributed by atoms with Crippen molar-refractivity contribution >= 4 is 56.6 Å². The van der Waals surface area contributed by atoms with E-state index in [1.807, 2.05) is 36.4 Å². The number of aromatic nitrogens is 2. The highest BCUT2D eigenvalue weighted by atomic mass is 35.5. The highest BCUT2D eigenvalue weighted by molar-refractivity contribution is 6.36. The summed E-state index contributed by atoms with van der Waals surface area (Å²) in [6.45, 7) is 0.586. The number of nitrogens with one attached hydrogen (secondary N) is 1. The van der Waals surface area contributed by atoms with Crippen LogP contribution in [0.25, 0.3) is 21.8 Å². The molecule has 3 aromatic carbocycles. The van der Waals surface area contributed by atoms with Crippen molar-refractivity contribution in [2.24, 2.45) is 0 Å².